The molecule has 4 rings (SSSR count). The van der Waals surface area contributed by atoms with Crippen molar-refractivity contribution >= 4 is 34.7 Å². The summed E-state index contributed by atoms with van der Waals surface area (Å²) in [6, 6.07) is 13.6. The summed E-state index contributed by atoms with van der Waals surface area (Å²) in [6.07, 6.45) is 5.47. The lowest BCUT2D eigenvalue weighted by Crippen LogP contribution is -2.49. The lowest BCUT2D eigenvalue weighted by molar-refractivity contribution is -0.126. The zero-order valence-electron chi connectivity index (χ0n) is 18.5. The Bertz CT molecular complexity index is 1090. The standard InChI is InChI=1S/C25H27N3O4S/c1-17-7-4-10-19(15-17)28(22(29)16-26-24(30)20-11-5-13-32-20)23(21-12-6-14-33-21)25(31)27-18-8-2-3-9-18/h4-7,10-15,18,23H,2-3,8-9,16H2,1H3,(H,26,30)(H,27,31)/t23-/m1/s1. The molecule has 1 aromatic carbocycles. The molecule has 1 fully saturated rings. The second kappa shape index (κ2) is 10.5. The van der Waals surface area contributed by atoms with Gasteiger partial charge in [0, 0.05) is 16.6 Å². The van der Waals surface area contributed by atoms with E-state index in [9.17, 15) is 14.4 Å². The molecule has 8 heteroatoms. The fourth-order valence-corrected chi connectivity index (χ4v) is 4.93. The van der Waals surface area contributed by atoms with Crippen LogP contribution in [-0.2, 0) is 9.59 Å². The van der Waals surface area contributed by atoms with E-state index in [-0.39, 0.29) is 30.2 Å². The van der Waals surface area contributed by atoms with E-state index in [4.69, 9.17) is 4.42 Å². The number of hydrogen-bond acceptors (Lipinski definition) is 5. The van der Waals surface area contributed by atoms with Crippen LogP contribution in [-0.4, -0.2) is 30.3 Å². The first kappa shape index (κ1) is 22.8. The molecule has 0 saturated heterocycles. The number of furan rings is 1. The summed E-state index contributed by atoms with van der Waals surface area (Å²) in [5, 5.41) is 7.65. The van der Waals surface area contributed by atoms with Gasteiger partial charge in [0.1, 0.15) is 6.04 Å². The largest absolute Gasteiger partial charge is 0.459 e. The summed E-state index contributed by atoms with van der Waals surface area (Å²) in [5.41, 5.74) is 1.57. The number of aryl methyl sites for hydroxylation is 1. The summed E-state index contributed by atoms with van der Waals surface area (Å²) in [7, 11) is 0. The third-order valence-corrected chi connectivity index (χ3v) is 6.64. The second-order valence-electron chi connectivity index (χ2n) is 8.17. The van der Waals surface area contributed by atoms with E-state index in [0.717, 1.165) is 36.1 Å². The van der Waals surface area contributed by atoms with Crippen LogP contribution in [0.15, 0.2) is 64.6 Å². The van der Waals surface area contributed by atoms with Crippen molar-refractivity contribution in [3.05, 3.63) is 76.4 Å². The molecule has 1 saturated carbocycles. The summed E-state index contributed by atoms with van der Waals surface area (Å²) in [5.74, 6) is -0.962. The number of nitrogens with one attached hydrogen (secondary N) is 2. The minimum absolute atomic E-state index is 0.119. The molecule has 0 unspecified atom stereocenters. The lowest BCUT2D eigenvalue weighted by Gasteiger charge is -2.31. The third kappa shape index (κ3) is 5.51. The van der Waals surface area contributed by atoms with Crippen molar-refractivity contribution in [3.63, 3.8) is 0 Å². The van der Waals surface area contributed by atoms with E-state index >= 15 is 0 Å². The van der Waals surface area contributed by atoms with Crippen LogP contribution in [0.25, 0.3) is 0 Å². The molecule has 3 amide bonds. The molecular weight excluding hydrogens is 438 g/mol. The Morgan fingerprint density at radius 1 is 1.12 bits per heavy atom. The molecule has 0 radical (unpaired) electrons. The van der Waals surface area contributed by atoms with Gasteiger partial charge in [-0.25, -0.2) is 0 Å². The molecule has 7 nitrogen and oxygen atoms in total. The molecule has 0 spiro atoms. The molecule has 2 aromatic heterocycles. The Labute approximate surface area is 196 Å². The quantitative estimate of drug-likeness (QED) is 0.521. The van der Waals surface area contributed by atoms with Gasteiger partial charge in [0.2, 0.25) is 11.8 Å². The predicted octanol–water partition coefficient (Wildman–Crippen LogP) is 4.21. The molecule has 1 atom stereocenters. The Kier molecular flexibility index (Phi) is 7.24. The fraction of sp³-hybridized carbons (Fsp3) is 0.320. The van der Waals surface area contributed by atoms with Crippen molar-refractivity contribution < 1.29 is 18.8 Å². The molecule has 0 bridgehead atoms. The van der Waals surface area contributed by atoms with Crippen LogP contribution in [0, 0.1) is 6.92 Å². The highest BCUT2D eigenvalue weighted by atomic mass is 32.1. The first-order valence-electron chi connectivity index (χ1n) is 11.1. The van der Waals surface area contributed by atoms with Gasteiger partial charge in [0.05, 0.1) is 12.8 Å². The van der Waals surface area contributed by atoms with E-state index in [1.165, 1.54) is 28.6 Å². The Morgan fingerprint density at radius 3 is 2.61 bits per heavy atom. The van der Waals surface area contributed by atoms with Crippen molar-refractivity contribution in [1.29, 1.82) is 0 Å². The van der Waals surface area contributed by atoms with Gasteiger partial charge in [0.25, 0.3) is 5.91 Å². The Morgan fingerprint density at radius 2 is 1.94 bits per heavy atom. The van der Waals surface area contributed by atoms with Crippen molar-refractivity contribution in [3.8, 4) is 0 Å². The molecular formula is C25H27N3O4S. The van der Waals surface area contributed by atoms with Crippen LogP contribution in [0.2, 0.25) is 0 Å². The highest BCUT2D eigenvalue weighted by molar-refractivity contribution is 7.10. The highest BCUT2D eigenvalue weighted by Crippen LogP contribution is 2.32. The predicted molar refractivity (Wildman–Crippen MR) is 127 cm³/mol. The molecule has 172 valence electrons. The average Bonchev–Trinajstić information content (AvgIpc) is 3.58. The first-order valence-corrected chi connectivity index (χ1v) is 11.9. The van der Waals surface area contributed by atoms with Crippen molar-refractivity contribution in [2.24, 2.45) is 0 Å². The van der Waals surface area contributed by atoms with Crippen LogP contribution < -0.4 is 15.5 Å². The molecule has 2 heterocycles. The number of amides is 3. The molecule has 1 aliphatic carbocycles. The molecule has 0 aliphatic heterocycles. The van der Waals surface area contributed by atoms with E-state index in [0.29, 0.717) is 5.69 Å². The smallest absolute Gasteiger partial charge is 0.287 e. The van der Waals surface area contributed by atoms with Gasteiger partial charge < -0.3 is 15.1 Å². The molecule has 3 aromatic rings. The van der Waals surface area contributed by atoms with Crippen LogP contribution in [0.5, 0.6) is 0 Å². The van der Waals surface area contributed by atoms with Crippen LogP contribution in [0.4, 0.5) is 5.69 Å². The minimum Gasteiger partial charge on any atom is -0.459 e. The number of anilines is 1. The fourth-order valence-electron chi connectivity index (χ4n) is 4.12. The summed E-state index contributed by atoms with van der Waals surface area (Å²) < 4.78 is 5.11. The molecule has 1 aliphatic rings. The Hall–Kier alpha value is -3.39. The summed E-state index contributed by atoms with van der Waals surface area (Å²) >= 11 is 1.43. The lowest BCUT2D eigenvalue weighted by atomic mass is 10.1. The first-order chi connectivity index (χ1) is 16.0. The SMILES string of the molecule is Cc1cccc(N(C(=O)CNC(=O)c2ccco2)[C@@H](C(=O)NC2CCCC2)c2cccs2)c1. The number of carbonyl (C=O) groups excluding carboxylic acids is 3. The number of hydrogen-bond donors (Lipinski definition) is 2. The Balaban J connectivity index is 1.63. The van der Waals surface area contributed by atoms with Crippen LogP contribution in [0.3, 0.4) is 0 Å². The van der Waals surface area contributed by atoms with E-state index in [1.54, 1.807) is 6.07 Å². The van der Waals surface area contributed by atoms with Gasteiger partial charge in [-0.1, -0.05) is 31.0 Å². The second-order valence-corrected chi connectivity index (χ2v) is 9.15. The number of carbonyl (C=O) groups is 3. The van der Waals surface area contributed by atoms with Crippen LogP contribution in [0.1, 0.15) is 52.7 Å². The van der Waals surface area contributed by atoms with Crippen molar-refractivity contribution in [2.75, 3.05) is 11.4 Å². The number of rotatable bonds is 8. The summed E-state index contributed by atoms with van der Waals surface area (Å²) in [6.45, 7) is 1.66. The third-order valence-electron chi connectivity index (χ3n) is 5.71. The normalized spacial score (nSPS) is 14.6. The van der Waals surface area contributed by atoms with Gasteiger partial charge >= 0.3 is 0 Å². The van der Waals surface area contributed by atoms with E-state index in [2.05, 4.69) is 10.6 Å². The van der Waals surface area contributed by atoms with Crippen LogP contribution >= 0.6 is 11.3 Å². The maximum absolute atomic E-state index is 13.5. The highest BCUT2D eigenvalue weighted by Gasteiger charge is 2.35. The van der Waals surface area contributed by atoms with Gasteiger partial charge in [-0.2, -0.15) is 0 Å². The average molecular weight is 466 g/mol. The van der Waals surface area contributed by atoms with Gasteiger partial charge in [-0.3, -0.25) is 19.3 Å². The maximum atomic E-state index is 13.5. The van der Waals surface area contributed by atoms with Gasteiger partial charge in [0.15, 0.2) is 5.76 Å². The minimum atomic E-state index is -0.833. The number of nitrogens with zero attached hydrogens (tertiary/aromatic N) is 1. The number of thiophene rings is 1. The zero-order chi connectivity index (χ0) is 23.2. The van der Waals surface area contributed by atoms with Crippen molar-refractivity contribution in [2.45, 2.75) is 44.7 Å². The van der Waals surface area contributed by atoms with Crippen molar-refractivity contribution in [1.82, 2.24) is 10.6 Å². The molecule has 33 heavy (non-hydrogen) atoms. The van der Waals surface area contributed by atoms with E-state index < -0.39 is 11.9 Å². The van der Waals surface area contributed by atoms with E-state index in [1.807, 2.05) is 48.7 Å². The number of benzene rings is 1. The van der Waals surface area contributed by atoms with Gasteiger partial charge in [-0.05, 0) is 61.0 Å². The zero-order valence-corrected chi connectivity index (χ0v) is 19.3. The topological polar surface area (TPSA) is 91.7 Å². The van der Waals surface area contributed by atoms with Gasteiger partial charge in [-0.15, -0.1) is 11.3 Å². The monoisotopic (exact) mass is 465 g/mol. The summed E-state index contributed by atoms with van der Waals surface area (Å²) in [4.78, 5) is 41.6. The maximum Gasteiger partial charge on any atom is 0.287 e. The molecule has 2 N–H and O–H groups in total.